The van der Waals surface area contributed by atoms with E-state index in [1.54, 1.807) is 0 Å². The fourth-order valence-corrected chi connectivity index (χ4v) is 1.77. The van der Waals surface area contributed by atoms with Crippen molar-refractivity contribution in [3.63, 3.8) is 0 Å². The number of hydrogen-bond donors (Lipinski definition) is 0. The standard InChI is InChI=1S/C7H8N2O2S/c1-5-4-12-7(8-5)9-6(10)2-3-11-9/h4H,2-3H2,1H3. The molecule has 0 N–H and O–H groups in total. The highest BCUT2D eigenvalue weighted by molar-refractivity contribution is 7.13. The molecule has 12 heavy (non-hydrogen) atoms. The zero-order chi connectivity index (χ0) is 8.55. The lowest BCUT2D eigenvalue weighted by molar-refractivity contribution is -0.119. The fraction of sp³-hybridized carbons (Fsp3) is 0.429. The third-order valence-corrected chi connectivity index (χ3v) is 2.47. The van der Waals surface area contributed by atoms with Gasteiger partial charge in [0.15, 0.2) is 0 Å². The first-order chi connectivity index (χ1) is 5.77. The number of anilines is 1. The Bertz CT molecular complexity index is 310. The van der Waals surface area contributed by atoms with Gasteiger partial charge in [0.1, 0.15) is 0 Å². The van der Waals surface area contributed by atoms with Gasteiger partial charge in [0.25, 0.3) is 5.91 Å². The van der Waals surface area contributed by atoms with Crippen molar-refractivity contribution in [2.45, 2.75) is 13.3 Å². The first-order valence-corrected chi connectivity index (χ1v) is 4.53. The number of thiazole rings is 1. The van der Waals surface area contributed by atoms with Gasteiger partial charge in [0, 0.05) is 5.38 Å². The third kappa shape index (κ3) is 1.21. The summed E-state index contributed by atoms with van der Waals surface area (Å²) in [5.41, 5.74) is 0.915. The number of carbonyl (C=O) groups is 1. The van der Waals surface area contributed by atoms with E-state index in [1.807, 2.05) is 12.3 Å². The minimum Gasteiger partial charge on any atom is -0.272 e. The molecule has 0 saturated carbocycles. The number of aromatic nitrogens is 1. The van der Waals surface area contributed by atoms with Crippen molar-refractivity contribution in [2.75, 3.05) is 11.7 Å². The van der Waals surface area contributed by atoms with Crippen molar-refractivity contribution < 1.29 is 9.63 Å². The molecule has 64 valence electrons. The molecule has 1 aliphatic heterocycles. The van der Waals surface area contributed by atoms with Crippen LogP contribution in [0.4, 0.5) is 5.13 Å². The van der Waals surface area contributed by atoms with Gasteiger partial charge in [-0.3, -0.25) is 9.63 Å². The van der Waals surface area contributed by atoms with Gasteiger partial charge in [-0.2, -0.15) is 5.06 Å². The molecule has 4 nitrogen and oxygen atoms in total. The second-order valence-electron chi connectivity index (χ2n) is 2.54. The number of nitrogens with zero attached hydrogens (tertiary/aromatic N) is 2. The maximum absolute atomic E-state index is 11.2. The molecule has 1 aromatic rings. The van der Waals surface area contributed by atoms with Crippen molar-refractivity contribution in [3.8, 4) is 0 Å². The van der Waals surface area contributed by atoms with E-state index in [1.165, 1.54) is 16.4 Å². The summed E-state index contributed by atoms with van der Waals surface area (Å²) < 4.78 is 0. The smallest absolute Gasteiger partial charge is 0.255 e. The van der Waals surface area contributed by atoms with Gasteiger partial charge in [0.05, 0.1) is 18.7 Å². The van der Waals surface area contributed by atoms with Gasteiger partial charge in [0.2, 0.25) is 5.13 Å². The van der Waals surface area contributed by atoms with E-state index < -0.39 is 0 Å². The van der Waals surface area contributed by atoms with Crippen LogP contribution in [0.5, 0.6) is 0 Å². The lowest BCUT2D eigenvalue weighted by Gasteiger charge is -2.08. The van der Waals surface area contributed by atoms with E-state index in [0.717, 1.165) is 5.69 Å². The zero-order valence-corrected chi connectivity index (χ0v) is 7.43. The molecule has 1 fully saturated rings. The molecule has 1 amide bonds. The van der Waals surface area contributed by atoms with Crippen molar-refractivity contribution >= 4 is 22.4 Å². The summed E-state index contributed by atoms with van der Waals surface area (Å²) in [7, 11) is 0. The number of hydroxylamine groups is 1. The quantitative estimate of drug-likeness (QED) is 0.656. The van der Waals surface area contributed by atoms with E-state index in [-0.39, 0.29) is 5.91 Å². The number of amides is 1. The number of rotatable bonds is 1. The van der Waals surface area contributed by atoms with Gasteiger partial charge < -0.3 is 0 Å². The monoisotopic (exact) mass is 184 g/mol. The average Bonchev–Trinajstić information content (AvgIpc) is 2.58. The number of hydrogen-bond acceptors (Lipinski definition) is 4. The van der Waals surface area contributed by atoms with E-state index in [4.69, 9.17) is 4.84 Å². The van der Waals surface area contributed by atoms with E-state index in [2.05, 4.69) is 4.98 Å². The maximum Gasteiger partial charge on any atom is 0.255 e. The predicted octanol–water partition coefficient (Wildman–Crippen LogP) is 1.12. The third-order valence-electron chi connectivity index (χ3n) is 1.54. The van der Waals surface area contributed by atoms with E-state index in [9.17, 15) is 4.79 Å². The molecule has 1 aromatic heterocycles. The highest BCUT2D eigenvalue weighted by Gasteiger charge is 2.25. The molecule has 2 heterocycles. The lowest BCUT2D eigenvalue weighted by Crippen LogP contribution is -2.21. The van der Waals surface area contributed by atoms with Gasteiger partial charge >= 0.3 is 0 Å². The average molecular weight is 184 g/mol. The molecule has 0 aliphatic carbocycles. The summed E-state index contributed by atoms with van der Waals surface area (Å²) in [5.74, 6) is -0.00986. The molecule has 0 spiro atoms. The molecule has 1 aliphatic rings. The Kier molecular flexibility index (Phi) is 1.82. The summed E-state index contributed by atoms with van der Waals surface area (Å²) in [6.45, 7) is 2.36. The lowest BCUT2D eigenvalue weighted by atomic mass is 10.4. The van der Waals surface area contributed by atoms with Crippen LogP contribution in [0.1, 0.15) is 12.1 Å². The first-order valence-electron chi connectivity index (χ1n) is 3.65. The summed E-state index contributed by atoms with van der Waals surface area (Å²) in [4.78, 5) is 20.4. The predicted molar refractivity (Wildman–Crippen MR) is 44.9 cm³/mol. The first kappa shape index (κ1) is 7.70. The summed E-state index contributed by atoms with van der Waals surface area (Å²) in [6, 6.07) is 0. The Morgan fingerprint density at radius 2 is 2.58 bits per heavy atom. The Morgan fingerprint density at radius 3 is 3.08 bits per heavy atom. The highest BCUT2D eigenvalue weighted by Crippen LogP contribution is 2.23. The van der Waals surface area contributed by atoms with Crippen LogP contribution in [-0.4, -0.2) is 17.5 Å². The molecule has 0 unspecified atom stereocenters. The molecule has 5 heteroatoms. The van der Waals surface area contributed by atoms with Gasteiger partial charge in [-0.25, -0.2) is 4.98 Å². The molecule has 0 bridgehead atoms. The Hall–Kier alpha value is -0.940. The summed E-state index contributed by atoms with van der Waals surface area (Å²) in [6.07, 6.45) is 0.457. The largest absolute Gasteiger partial charge is 0.272 e. The maximum atomic E-state index is 11.2. The van der Waals surface area contributed by atoms with Crippen LogP contribution < -0.4 is 5.06 Å². The molecule has 1 saturated heterocycles. The van der Waals surface area contributed by atoms with Crippen LogP contribution in [-0.2, 0) is 9.63 Å². The molecule has 2 rings (SSSR count). The van der Waals surface area contributed by atoms with Crippen molar-refractivity contribution in [3.05, 3.63) is 11.1 Å². The van der Waals surface area contributed by atoms with Crippen molar-refractivity contribution in [2.24, 2.45) is 0 Å². The van der Waals surface area contributed by atoms with Crippen LogP contribution >= 0.6 is 11.3 Å². The molecular weight excluding hydrogens is 176 g/mol. The Labute approximate surface area is 73.7 Å². The molecule has 0 aromatic carbocycles. The second-order valence-corrected chi connectivity index (χ2v) is 3.38. The van der Waals surface area contributed by atoms with E-state index >= 15 is 0 Å². The van der Waals surface area contributed by atoms with Crippen molar-refractivity contribution in [1.82, 2.24) is 4.98 Å². The Balaban J connectivity index is 2.24. The minimum atomic E-state index is -0.00986. The normalized spacial score (nSPS) is 17.4. The van der Waals surface area contributed by atoms with Crippen LogP contribution in [0.3, 0.4) is 0 Å². The number of carbonyl (C=O) groups excluding carboxylic acids is 1. The topological polar surface area (TPSA) is 42.4 Å². The second kappa shape index (κ2) is 2.84. The zero-order valence-electron chi connectivity index (χ0n) is 6.61. The molecule has 0 radical (unpaired) electrons. The summed E-state index contributed by atoms with van der Waals surface area (Å²) >= 11 is 1.42. The van der Waals surface area contributed by atoms with Gasteiger partial charge in [-0.15, -0.1) is 11.3 Å². The van der Waals surface area contributed by atoms with Crippen molar-refractivity contribution in [1.29, 1.82) is 0 Å². The van der Waals surface area contributed by atoms with Gasteiger partial charge in [-0.1, -0.05) is 0 Å². The van der Waals surface area contributed by atoms with Gasteiger partial charge in [-0.05, 0) is 6.92 Å². The molecular formula is C7H8N2O2S. The molecule has 0 atom stereocenters. The van der Waals surface area contributed by atoms with Crippen LogP contribution in [0, 0.1) is 6.92 Å². The number of aryl methyl sites for hydroxylation is 1. The van der Waals surface area contributed by atoms with Crippen LogP contribution in [0.15, 0.2) is 5.38 Å². The van der Waals surface area contributed by atoms with E-state index in [0.29, 0.717) is 18.2 Å². The van der Waals surface area contributed by atoms with Crippen LogP contribution in [0.2, 0.25) is 0 Å². The fourth-order valence-electron chi connectivity index (χ4n) is 0.995. The highest BCUT2D eigenvalue weighted by atomic mass is 32.1. The Morgan fingerprint density at radius 1 is 1.75 bits per heavy atom. The van der Waals surface area contributed by atoms with Crippen LogP contribution in [0.25, 0.3) is 0 Å². The minimum absolute atomic E-state index is 0.00986. The summed E-state index contributed by atoms with van der Waals surface area (Å²) in [5, 5.41) is 3.80. The SMILES string of the molecule is Cc1csc(N2OCCC2=O)n1.